The smallest absolute Gasteiger partial charge is 0.292 e. The molecule has 0 saturated heterocycles. The van der Waals surface area contributed by atoms with Gasteiger partial charge in [0.1, 0.15) is 29.0 Å². The second-order valence-electron chi connectivity index (χ2n) is 9.24. The van der Waals surface area contributed by atoms with Crippen LogP contribution in [0.5, 0.6) is 0 Å². The number of aliphatic hydroxyl groups excluding tert-OH is 2. The summed E-state index contributed by atoms with van der Waals surface area (Å²) in [6.07, 6.45) is 1.97. The molecule has 1 saturated carbocycles. The lowest BCUT2D eigenvalue weighted by molar-refractivity contribution is -0.136. The van der Waals surface area contributed by atoms with Gasteiger partial charge in [-0.15, -0.1) is 0 Å². The predicted octanol–water partition coefficient (Wildman–Crippen LogP) is 3.54. The van der Waals surface area contributed by atoms with Crippen molar-refractivity contribution in [3.05, 3.63) is 111 Å². The van der Waals surface area contributed by atoms with E-state index in [-0.39, 0.29) is 11.1 Å². The van der Waals surface area contributed by atoms with Crippen molar-refractivity contribution in [1.82, 2.24) is 9.88 Å². The van der Waals surface area contributed by atoms with Gasteiger partial charge in [-0.25, -0.2) is 17.6 Å². The molecule has 11 heteroatoms. The number of aromatic nitrogens is 1. The Labute approximate surface area is 220 Å². The van der Waals surface area contributed by atoms with Crippen LogP contribution in [0.25, 0.3) is 5.76 Å². The Morgan fingerprint density at radius 1 is 0.974 bits per heavy atom. The first-order valence-electron chi connectivity index (χ1n) is 12.1. The zero-order chi connectivity index (χ0) is 28.3. The van der Waals surface area contributed by atoms with Gasteiger partial charge in [0.2, 0.25) is 5.78 Å². The Hall–Kier alpha value is -4.25. The van der Waals surface area contributed by atoms with Crippen molar-refractivity contribution in [2.45, 2.75) is 44.4 Å². The molecule has 3 N–H and O–H groups in total. The molecule has 0 spiro atoms. The molecule has 1 aliphatic carbocycles. The number of pyridine rings is 1. The maximum Gasteiger partial charge on any atom is 0.292 e. The summed E-state index contributed by atoms with van der Waals surface area (Å²) in [6.45, 7) is -0.640. The van der Waals surface area contributed by atoms with Gasteiger partial charge in [-0.2, -0.15) is 0 Å². The lowest BCUT2D eigenvalue weighted by Crippen LogP contribution is -2.42. The standard InChI is InChI=1S/C28H24F4N2O5/c29-19-4-1-5-20(30)16(19)10-15-11-17(25(36)12-26(37)27(38)33-23-8-3-9-24(23)35)28(39)34(13-15)14-18-21(31)6-2-7-22(18)32/h1-2,4-7,11-13,23-24,35-36H,3,8-10,14H2,(H,33,38). The van der Waals surface area contributed by atoms with Gasteiger partial charge in [-0.3, -0.25) is 14.4 Å². The van der Waals surface area contributed by atoms with Gasteiger partial charge in [-0.05, 0) is 55.2 Å². The number of carbonyl (C=O) groups is 2. The molecule has 0 bridgehead atoms. The minimum Gasteiger partial charge on any atom is -0.507 e. The average molecular weight is 545 g/mol. The minimum atomic E-state index is -1.22. The molecular weight excluding hydrogens is 520 g/mol. The van der Waals surface area contributed by atoms with Crippen LogP contribution in [0, 0.1) is 23.3 Å². The van der Waals surface area contributed by atoms with E-state index in [2.05, 4.69) is 5.32 Å². The van der Waals surface area contributed by atoms with Crippen LogP contribution in [0.3, 0.4) is 0 Å². The van der Waals surface area contributed by atoms with Crippen LogP contribution >= 0.6 is 0 Å². The number of nitrogens with one attached hydrogen (secondary N) is 1. The molecule has 4 rings (SSSR count). The van der Waals surface area contributed by atoms with Crippen LogP contribution in [0.1, 0.15) is 41.5 Å². The molecule has 2 aromatic carbocycles. The Bertz CT molecular complexity index is 1480. The molecule has 0 aliphatic heterocycles. The Kier molecular flexibility index (Phi) is 8.29. The summed E-state index contributed by atoms with van der Waals surface area (Å²) in [5.74, 6) is -6.94. The molecular formula is C28H24F4N2O5. The van der Waals surface area contributed by atoms with E-state index in [0.717, 1.165) is 53.2 Å². The summed E-state index contributed by atoms with van der Waals surface area (Å²) in [7, 11) is 0. The van der Waals surface area contributed by atoms with Crippen LogP contribution in [-0.4, -0.2) is 38.6 Å². The molecule has 1 aromatic heterocycles. The van der Waals surface area contributed by atoms with E-state index in [1.54, 1.807) is 0 Å². The number of hydrogen-bond acceptors (Lipinski definition) is 5. The van der Waals surface area contributed by atoms with E-state index in [0.29, 0.717) is 25.3 Å². The fraction of sp³-hybridized carbons (Fsp3) is 0.250. The third-order valence-corrected chi connectivity index (χ3v) is 6.54. The Morgan fingerprint density at radius 3 is 2.13 bits per heavy atom. The number of benzene rings is 2. The van der Waals surface area contributed by atoms with Gasteiger partial charge in [0, 0.05) is 29.8 Å². The van der Waals surface area contributed by atoms with E-state index in [1.165, 1.54) is 0 Å². The highest BCUT2D eigenvalue weighted by atomic mass is 19.1. The summed E-state index contributed by atoms with van der Waals surface area (Å²) in [4.78, 5) is 37.9. The molecule has 2 unspecified atom stereocenters. The summed E-state index contributed by atoms with van der Waals surface area (Å²) < 4.78 is 58.1. The monoisotopic (exact) mass is 544 g/mol. The molecule has 39 heavy (non-hydrogen) atoms. The van der Waals surface area contributed by atoms with Crippen molar-refractivity contribution >= 4 is 17.4 Å². The van der Waals surface area contributed by atoms with Crippen LogP contribution in [0.4, 0.5) is 17.6 Å². The second kappa shape index (κ2) is 11.6. The van der Waals surface area contributed by atoms with Crippen molar-refractivity contribution in [2.75, 3.05) is 0 Å². The third-order valence-electron chi connectivity index (χ3n) is 6.54. The van der Waals surface area contributed by atoms with Gasteiger partial charge in [0.15, 0.2) is 0 Å². The molecule has 204 valence electrons. The van der Waals surface area contributed by atoms with Crippen LogP contribution in [0.15, 0.2) is 59.5 Å². The fourth-order valence-electron chi connectivity index (χ4n) is 4.47. The summed E-state index contributed by atoms with van der Waals surface area (Å²) >= 11 is 0. The van der Waals surface area contributed by atoms with E-state index in [4.69, 9.17) is 0 Å². The molecule has 1 fully saturated rings. The highest BCUT2D eigenvalue weighted by Gasteiger charge is 2.28. The molecule has 7 nitrogen and oxygen atoms in total. The first kappa shape index (κ1) is 27.8. The Balaban J connectivity index is 1.73. The molecule has 1 heterocycles. The lowest BCUT2D eigenvalue weighted by Gasteiger charge is -2.15. The van der Waals surface area contributed by atoms with Crippen molar-refractivity contribution in [3.8, 4) is 0 Å². The predicted molar refractivity (Wildman–Crippen MR) is 133 cm³/mol. The number of amides is 1. The van der Waals surface area contributed by atoms with Crippen molar-refractivity contribution in [2.24, 2.45) is 0 Å². The van der Waals surface area contributed by atoms with Crippen LogP contribution in [0.2, 0.25) is 0 Å². The van der Waals surface area contributed by atoms with Crippen molar-refractivity contribution in [1.29, 1.82) is 0 Å². The molecule has 1 aliphatic rings. The number of aliphatic hydroxyl groups is 2. The van der Waals surface area contributed by atoms with Gasteiger partial charge in [-0.1, -0.05) is 12.1 Å². The van der Waals surface area contributed by atoms with Gasteiger partial charge in [0.25, 0.3) is 11.5 Å². The van der Waals surface area contributed by atoms with E-state index in [1.807, 2.05) is 0 Å². The van der Waals surface area contributed by atoms with Gasteiger partial charge < -0.3 is 20.1 Å². The van der Waals surface area contributed by atoms with Gasteiger partial charge >= 0.3 is 0 Å². The Morgan fingerprint density at radius 2 is 1.56 bits per heavy atom. The highest BCUT2D eigenvalue weighted by Crippen LogP contribution is 2.21. The van der Waals surface area contributed by atoms with E-state index < -0.39 is 82.5 Å². The number of hydrogen-bond donors (Lipinski definition) is 3. The molecule has 0 radical (unpaired) electrons. The molecule has 2 atom stereocenters. The number of ketones is 1. The van der Waals surface area contributed by atoms with E-state index >= 15 is 0 Å². The quantitative estimate of drug-likeness (QED) is 0.174. The molecule has 3 aromatic rings. The first-order chi connectivity index (χ1) is 18.5. The third kappa shape index (κ3) is 6.26. The van der Waals surface area contributed by atoms with Crippen molar-refractivity contribution < 1.29 is 37.4 Å². The number of carbonyl (C=O) groups excluding carboxylic acids is 2. The first-order valence-corrected chi connectivity index (χ1v) is 12.1. The topological polar surface area (TPSA) is 109 Å². The molecule has 1 amide bonds. The maximum absolute atomic E-state index is 14.3. The number of halogens is 4. The largest absolute Gasteiger partial charge is 0.507 e. The SMILES string of the molecule is O=C(C=C(O)c1cc(Cc2c(F)cccc2F)cn(Cc2c(F)cccc2F)c1=O)C(=O)NC1CCCC1O. The average Bonchev–Trinajstić information content (AvgIpc) is 3.29. The fourth-order valence-corrected chi connectivity index (χ4v) is 4.47. The minimum absolute atomic E-state index is 0.0660. The number of rotatable bonds is 8. The highest BCUT2D eigenvalue weighted by molar-refractivity contribution is 6.41. The summed E-state index contributed by atoms with van der Waals surface area (Å²) in [6, 6.07) is 6.76. The zero-order valence-corrected chi connectivity index (χ0v) is 20.5. The normalized spacial score (nSPS) is 17.3. The summed E-state index contributed by atoms with van der Waals surface area (Å²) in [5.41, 5.74) is -2.29. The zero-order valence-electron chi connectivity index (χ0n) is 20.5. The number of nitrogens with zero attached hydrogens (tertiary/aromatic N) is 1. The maximum atomic E-state index is 14.3. The van der Waals surface area contributed by atoms with Crippen LogP contribution in [-0.2, 0) is 22.6 Å². The van der Waals surface area contributed by atoms with Gasteiger partial charge in [0.05, 0.1) is 24.3 Å². The van der Waals surface area contributed by atoms with Crippen LogP contribution < -0.4 is 10.9 Å². The summed E-state index contributed by atoms with van der Waals surface area (Å²) in [5, 5.41) is 22.9. The lowest BCUT2D eigenvalue weighted by atomic mass is 10.0. The second-order valence-corrected chi connectivity index (χ2v) is 9.24. The van der Waals surface area contributed by atoms with Crippen molar-refractivity contribution in [3.63, 3.8) is 0 Å². The van der Waals surface area contributed by atoms with E-state index in [9.17, 15) is 42.2 Å².